The lowest BCUT2D eigenvalue weighted by molar-refractivity contribution is -0.128. The van der Waals surface area contributed by atoms with Crippen LogP contribution in [0, 0.1) is 6.92 Å². The van der Waals surface area contributed by atoms with Crippen LogP contribution in [0.5, 0.6) is 11.5 Å². The molecule has 6 heteroatoms. The first kappa shape index (κ1) is 18.1. The van der Waals surface area contributed by atoms with E-state index in [1.165, 1.54) is 6.08 Å². The average Bonchev–Trinajstić information content (AvgIpc) is 2.63. The van der Waals surface area contributed by atoms with E-state index in [9.17, 15) is 9.59 Å². The van der Waals surface area contributed by atoms with Crippen LogP contribution in [0.1, 0.15) is 11.1 Å². The molecule has 6 nitrogen and oxygen atoms in total. The Hall–Kier alpha value is -3.28. The van der Waals surface area contributed by atoms with Crippen molar-refractivity contribution < 1.29 is 19.1 Å². The molecule has 130 valence electrons. The Kier molecular flexibility index (Phi) is 6.59. The number of amides is 2. The second kappa shape index (κ2) is 9.12. The van der Waals surface area contributed by atoms with E-state index in [-0.39, 0.29) is 6.61 Å². The minimum absolute atomic E-state index is 0.191. The van der Waals surface area contributed by atoms with Gasteiger partial charge in [0.25, 0.3) is 11.8 Å². The smallest absolute Gasteiger partial charge is 0.276 e. The number of aryl methyl sites for hydroxylation is 1. The predicted molar refractivity (Wildman–Crippen MR) is 95.0 cm³/mol. The summed E-state index contributed by atoms with van der Waals surface area (Å²) in [7, 11) is 1.57. The SMILES string of the molecule is COc1cccc(/C=C/C(=O)NNC(=O)COc2cccc(C)c2)c1. The average molecular weight is 340 g/mol. The van der Waals surface area contributed by atoms with Crippen molar-refractivity contribution in [2.45, 2.75) is 6.92 Å². The molecule has 0 radical (unpaired) electrons. The van der Waals surface area contributed by atoms with Crippen LogP contribution in [0.2, 0.25) is 0 Å². The predicted octanol–water partition coefficient (Wildman–Crippen LogP) is 2.24. The number of rotatable bonds is 6. The van der Waals surface area contributed by atoms with Crippen LogP contribution in [-0.2, 0) is 9.59 Å². The normalized spacial score (nSPS) is 10.3. The third-order valence-electron chi connectivity index (χ3n) is 3.21. The van der Waals surface area contributed by atoms with Gasteiger partial charge in [0.15, 0.2) is 6.61 Å². The van der Waals surface area contributed by atoms with Crippen LogP contribution in [0.4, 0.5) is 0 Å². The maximum Gasteiger partial charge on any atom is 0.276 e. The molecule has 2 rings (SSSR count). The Balaban J connectivity index is 1.75. The first-order valence-electron chi connectivity index (χ1n) is 7.67. The van der Waals surface area contributed by atoms with Crippen LogP contribution in [0.3, 0.4) is 0 Å². The maximum absolute atomic E-state index is 11.7. The lowest BCUT2D eigenvalue weighted by atomic mass is 10.2. The van der Waals surface area contributed by atoms with Gasteiger partial charge in [-0.05, 0) is 48.4 Å². The zero-order valence-electron chi connectivity index (χ0n) is 14.1. The zero-order chi connectivity index (χ0) is 18.1. The third kappa shape index (κ3) is 6.39. The largest absolute Gasteiger partial charge is 0.497 e. The monoisotopic (exact) mass is 340 g/mol. The highest BCUT2D eigenvalue weighted by atomic mass is 16.5. The zero-order valence-corrected chi connectivity index (χ0v) is 14.1. The first-order valence-corrected chi connectivity index (χ1v) is 7.67. The lowest BCUT2D eigenvalue weighted by Crippen LogP contribution is -2.43. The Morgan fingerprint density at radius 1 is 1.04 bits per heavy atom. The highest BCUT2D eigenvalue weighted by molar-refractivity contribution is 5.93. The van der Waals surface area contributed by atoms with Gasteiger partial charge in [-0.25, -0.2) is 0 Å². The van der Waals surface area contributed by atoms with E-state index >= 15 is 0 Å². The standard InChI is InChI=1S/C19H20N2O4/c1-14-5-3-8-17(11-14)25-13-19(23)21-20-18(22)10-9-15-6-4-7-16(12-15)24-2/h3-12H,13H2,1-2H3,(H,20,22)(H,21,23)/b10-9+. The topological polar surface area (TPSA) is 76.7 Å². The Morgan fingerprint density at radius 3 is 2.56 bits per heavy atom. The number of nitrogens with one attached hydrogen (secondary N) is 2. The highest BCUT2D eigenvalue weighted by Gasteiger charge is 2.04. The molecule has 0 aliphatic carbocycles. The van der Waals surface area contributed by atoms with E-state index in [4.69, 9.17) is 9.47 Å². The Bertz CT molecular complexity index is 772. The fraction of sp³-hybridized carbons (Fsp3) is 0.158. The summed E-state index contributed by atoms with van der Waals surface area (Å²) in [4.78, 5) is 23.4. The number of hydrogen-bond donors (Lipinski definition) is 2. The van der Waals surface area contributed by atoms with Crippen molar-refractivity contribution >= 4 is 17.9 Å². The third-order valence-corrected chi connectivity index (χ3v) is 3.21. The minimum Gasteiger partial charge on any atom is -0.497 e. The van der Waals surface area contributed by atoms with Crippen LogP contribution in [0.25, 0.3) is 6.08 Å². The van der Waals surface area contributed by atoms with Crippen LogP contribution in [0.15, 0.2) is 54.6 Å². The molecule has 0 spiro atoms. The molecule has 2 amide bonds. The number of hydrogen-bond acceptors (Lipinski definition) is 4. The number of carbonyl (C=O) groups is 2. The van der Waals surface area contributed by atoms with Gasteiger partial charge in [-0.1, -0.05) is 24.3 Å². The van der Waals surface area contributed by atoms with Crippen LogP contribution >= 0.6 is 0 Å². The van der Waals surface area contributed by atoms with E-state index in [0.29, 0.717) is 11.5 Å². The summed E-state index contributed by atoms with van der Waals surface area (Å²) >= 11 is 0. The molecule has 0 aromatic heterocycles. The number of benzene rings is 2. The summed E-state index contributed by atoms with van der Waals surface area (Å²) in [5.74, 6) is 0.389. The van der Waals surface area contributed by atoms with Gasteiger partial charge < -0.3 is 9.47 Å². The quantitative estimate of drug-likeness (QED) is 0.625. The fourth-order valence-electron chi connectivity index (χ4n) is 1.98. The molecule has 0 unspecified atom stereocenters. The van der Waals surface area contributed by atoms with Gasteiger partial charge in [-0.15, -0.1) is 0 Å². The minimum atomic E-state index is -0.454. The van der Waals surface area contributed by atoms with Gasteiger partial charge >= 0.3 is 0 Å². The van der Waals surface area contributed by atoms with E-state index in [2.05, 4.69) is 10.9 Å². The number of hydrazine groups is 1. The molecule has 0 saturated carbocycles. The lowest BCUT2D eigenvalue weighted by Gasteiger charge is -2.08. The number of methoxy groups -OCH3 is 1. The van der Waals surface area contributed by atoms with Gasteiger partial charge in [0.2, 0.25) is 0 Å². The van der Waals surface area contributed by atoms with Crippen molar-refractivity contribution in [3.8, 4) is 11.5 Å². The Labute approximate surface area is 146 Å². The molecule has 0 aliphatic rings. The number of carbonyl (C=O) groups excluding carboxylic acids is 2. The molecule has 2 aromatic rings. The van der Waals surface area contributed by atoms with Crippen molar-refractivity contribution in [3.05, 3.63) is 65.7 Å². The van der Waals surface area contributed by atoms with Crippen molar-refractivity contribution in [2.75, 3.05) is 13.7 Å². The molecule has 2 N–H and O–H groups in total. The van der Waals surface area contributed by atoms with Crippen LogP contribution in [-0.4, -0.2) is 25.5 Å². The van der Waals surface area contributed by atoms with Crippen LogP contribution < -0.4 is 20.3 Å². The second-order valence-electron chi connectivity index (χ2n) is 5.25. The van der Waals surface area contributed by atoms with E-state index < -0.39 is 11.8 Å². The molecule has 0 saturated heterocycles. The van der Waals surface area contributed by atoms with E-state index in [1.807, 2.05) is 43.3 Å². The van der Waals surface area contributed by atoms with E-state index in [0.717, 1.165) is 11.1 Å². The molecule has 0 bridgehead atoms. The molecular weight excluding hydrogens is 320 g/mol. The molecular formula is C19H20N2O4. The van der Waals surface area contributed by atoms with Gasteiger partial charge in [0, 0.05) is 6.08 Å². The van der Waals surface area contributed by atoms with Gasteiger partial charge in [-0.3, -0.25) is 20.4 Å². The molecule has 0 atom stereocenters. The number of ether oxygens (including phenoxy) is 2. The summed E-state index contributed by atoms with van der Waals surface area (Å²) in [5, 5.41) is 0. The van der Waals surface area contributed by atoms with Gasteiger partial charge in [0.05, 0.1) is 7.11 Å². The van der Waals surface area contributed by atoms with Crippen molar-refractivity contribution in [1.82, 2.24) is 10.9 Å². The highest BCUT2D eigenvalue weighted by Crippen LogP contribution is 2.13. The molecule has 0 aliphatic heterocycles. The van der Waals surface area contributed by atoms with Gasteiger partial charge in [-0.2, -0.15) is 0 Å². The van der Waals surface area contributed by atoms with Crippen molar-refractivity contribution in [3.63, 3.8) is 0 Å². The second-order valence-corrected chi connectivity index (χ2v) is 5.25. The molecule has 0 fully saturated rings. The molecule has 25 heavy (non-hydrogen) atoms. The first-order chi connectivity index (χ1) is 12.1. The van der Waals surface area contributed by atoms with Crippen molar-refractivity contribution in [1.29, 1.82) is 0 Å². The molecule has 2 aromatic carbocycles. The summed E-state index contributed by atoms with van der Waals surface area (Å²) in [5.41, 5.74) is 6.42. The van der Waals surface area contributed by atoms with Gasteiger partial charge in [0.1, 0.15) is 11.5 Å². The maximum atomic E-state index is 11.7. The summed E-state index contributed by atoms with van der Waals surface area (Å²) < 4.78 is 10.4. The molecule has 0 heterocycles. The fourth-order valence-corrected chi connectivity index (χ4v) is 1.98. The summed E-state index contributed by atoms with van der Waals surface area (Å²) in [6, 6.07) is 14.6. The van der Waals surface area contributed by atoms with Crippen molar-refractivity contribution in [2.24, 2.45) is 0 Å². The van der Waals surface area contributed by atoms with E-state index in [1.54, 1.807) is 25.3 Å². The summed E-state index contributed by atoms with van der Waals surface area (Å²) in [6.07, 6.45) is 2.93. The Morgan fingerprint density at radius 2 is 1.80 bits per heavy atom. The summed E-state index contributed by atoms with van der Waals surface area (Å²) in [6.45, 7) is 1.74.